The molecule has 0 saturated heterocycles. The van der Waals surface area contributed by atoms with Crippen LogP contribution in [0.1, 0.15) is 32.6 Å². The van der Waals surface area contributed by atoms with E-state index in [-0.39, 0.29) is 5.69 Å². The summed E-state index contributed by atoms with van der Waals surface area (Å²) in [6.45, 7) is 2.12. The van der Waals surface area contributed by atoms with E-state index in [0.29, 0.717) is 18.8 Å². The molecular weight excluding hydrogens is 233 g/mol. The zero-order valence-corrected chi connectivity index (χ0v) is 10.4. The third-order valence-corrected chi connectivity index (χ3v) is 3.79. The summed E-state index contributed by atoms with van der Waals surface area (Å²) in [5, 5.41) is 12.4. The minimum atomic E-state index is -1.02. The highest BCUT2D eigenvalue weighted by atomic mass is 19.1. The second-order valence-electron chi connectivity index (χ2n) is 5.17. The van der Waals surface area contributed by atoms with Gasteiger partial charge in [0.25, 0.3) is 0 Å². The minimum Gasteiger partial charge on any atom is -0.480 e. The summed E-state index contributed by atoms with van der Waals surface area (Å²) in [5.74, 6) is -0.755. The number of aliphatic carboxylic acids is 1. The Morgan fingerprint density at radius 1 is 1.39 bits per heavy atom. The summed E-state index contributed by atoms with van der Waals surface area (Å²) in [5.41, 5.74) is -0.747. The van der Waals surface area contributed by atoms with Crippen LogP contribution in [0, 0.1) is 11.7 Å². The molecule has 0 heterocycles. The minimum absolute atomic E-state index is 0.273. The van der Waals surface area contributed by atoms with Crippen molar-refractivity contribution in [2.75, 3.05) is 5.32 Å². The maximum atomic E-state index is 13.6. The number of hydrogen-bond donors (Lipinski definition) is 2. The van der Waals surface area contributed by atoms with Crippen LogP contribution in [0.15, 0.2) is 24.3 Å². The number of hydrogen-bond acceptors (Lipinski definition) is 2. The van der Waals surface area contributed by atoms with Gasteiger partial charge in [0.15, 0.2) is 0 Å². The molecule has 0 unspecified atom stereocenters. The first-order valence-electron chi connectivity index (χ1n) is 6.30. The molecule has 98 valence electrons. The van der Waals surface area contributed by atoms with Crippen molar-refractivity contribution in [3.63, 3.8) is 0 Å². The predicted octanol–water partition coefficient (Wildman–Crippen LogP) is 3.27. The van der Waals surface area contributed by atoms with E-state index in [1.165, 1.54) is 6.07 Å². The first-order chi connectivity index (χ1) is 8.53. The van der Waals surface area contributed by atoms with E-state index < -0.39 is 17.3 Å². The molecule has 0 aliphatic heterocycles. The highest BCUT2D eigenvalue weighted by Gasteiger charge is 2.41. The van der Waals surface area contributed by atoms with Gasteiger partial charge in [-0.1, -0.05) is 19.1 Å². The van der Waals surface area contributed by atoms with Crippen LogP contribution in [0.25, 0.3) is 0 Å². The molecule has 3 nitrogen and oxygen atoms in total. The maximum Gasteiger partial charge on any atom is 0.329 e. The van der Waals surface area contributed by atoms with Crippen molar-refractivity contribution in [1.82, 2.24) is 0 Å². The molecule has 1 saturated carbocycles. The number of para-hydroxylation sites is 1. The maximum absolute atomic E-state index is 13.6. The number of carboxylic acid groups (broad SMARTS) is 1. The lowest BCUT2D eigenvalue weighted by Gasteiger charge is -2.37. The molecule has 0 spiro atoms. The third kappa shape index (κ3) is 2.47. The molecule has 1 aromatic carbocycles. The zero-order chi connectivity index (χ0) is 13.2. The molecular formula is C14H18FNO2. The third-order valence-electron chi connectivity index (χ3n) is 3.79. The molecule has 0 amide bonds. The van der Waals surface area contributed by atoms with Crippen LogP contribution in [-0.2, 0) is 4.79 Å². The van der Waals surface area contributed by atoms with E-state index in [2.05, 4.69) is 12.2 Å². The van der Waals surface area contributed by atoms with Gasteiger partial charge < -0.3 is 10.4 Å². The van der Waals surface area contributed by atoms with Crippen LogP contribution in [-0.4, -0.2) is 16.6 Å². The Hall–Kier alpha value is -1.58. The average molecular weight is 251 g/mol. The van der Waals surface area contributed by atoms with Gasteiger partial charge in [0, 0.05) is 0 Å². The summed E-state index contributed by atoms with van der Waals surface area (Å²) in [7, 11) is 0. The summed E-state index contributed by atoms with van der Waals surface area (Å²) in [4.78, 5) is 11.5. The molecule has 1 aromatic rings. The Bertz CT molecular complexity index is 439. The Morgan fingerprint density at radius 2 is 2.00 bits per heavy atom. The molecule has 1 aliphatic rings. The van der Waals surface area contributed by atoms with Crippen LogP contribution >= 0.6 is 0 Å². The molecule has 4 heteroatoms. The Morgan fingerprint density at radius 3 is 2.56 bits per heavy atom. The van der Waals surface area contributed by atoms with Crippen molar-refractivity contribution in [2.45, 2.75) is 38.1 Å². The van der Waals surface area contributed by atoms with Crippen molar-refractivity contribution in [3.8, 4) is 0 Å². The van der Waals surface area contributed by atoms with Gasteiger partial charge in [-0.2, -0.15) is 0 Å². The van der Waals surface area contributed by atoms with Crippen molar-refractivity contribution < 1.29 is 14.3 Å². The van der Waals surface area contributed by atoms with E-state index in [9.17, 15) is 14.3 Å². The van der Waals surface area contributed by atoms with Gasteiger partial charge in [0.05, 0.1) is 5.69 Å². The van der Waals surface area contributed by atoms with Crippen LogP contribution in [0.4, 0.5) is 10.1 Å². The number of benzene rings is 1. The fraction of sp³-hybridized carbons (Fsp3) is 0.500. The molecule has 0 atom stereocenters. The first kappa shape index (κ1) is 12.9. The van der Waals surface area contributed by atoms with Crippen LogP contribution in [0.3, 0.4) is 0 Å². The lowest BCUT2D eigenvalue weighted by atomic mass is 9.77. The van der Waals surface area contributed by atoms with Gasteiger partial charge in [0.2, 0.25) is 0 Å². The SMILES string of the molecule is CC1CCC(Nc2ccccc2F)(C(=O)O)CC1. The predicted molar refractivity (Wildman–Crippen MR) is 68.0 cm³/mol. The van der Waals surface area contributed by atoms with Gasteiger partial charge in [-0.3, -0.25) is 0 Å². The molecule has 0 aromatic heterocycles. The van der Waals surface area contributed by atoms with Crippen molar-refractivity contribution in [3.05, 3.63) is 30.1 Å². The lowest BCUT2D eigenvalue weighted by Crippen LogP contribution is -2.49. The van der Waals surface area contributed by atoms with Gasteiger partial charge in [-0.25, -0.2) is 9.18 Å². The number of halogens is 1. The van der Waals surface area contributed by atoms with Crippen molar-refractivity contribution in [1.29, 1.82) is 0 Å². The molecule has 1 aliphatic carbocycles. The molecule has 0 bridgehead atoms. The fourth-order valence-corrected chi connectivity index (χ4v) is 2.47. The van der Waals surface area contributed by atoms with Crippen molar-refractivity contribution >= 4 is 11.7 Å². The van der Waals surface area contributed by atoms with Gasteiger partial charge in [0.1, 0.15) is 11.4 Å². The van der Waals surface area contributed by atoms with Crippen LogP contribution in [0.2, 0.25) is 0 Å². The lowest BCUT2D eigenvalue weighted by molar-refractivity contribution is -0.143. The number of rotatable bonds is 3. The molecule has 18 heavy (non-hydrogen) atoms. The smallest absolute Gasteiger partial charge is 0.329 e. The number of carboxylic acids is 1. The average Bonchev–Trinajstić information content (AvgIpc) is 2.35. The van der Waals surface area contributed by atoms with Crippen LogP contribution in [0.5, 0.6) is 0 Å². The van der Waals surface area contributed by atoms with E-state index >= 15 is 0 Å². The second kappa shape index (κ2) is 4.96. The summed E-state index contributed by atoms with van der Waals surface area (Å²) in [6.07, 6.45) is 2.79. The van der Waals surface area contributed by atoms with E-state index in [1.807, 2.05) is 0 Å². The quantitative estimate of drug-likeness (QED) is 0.866. The highest BCUT2D eigenvalue weighted by Crippen LogP contribution is 2.35. The normalized spacial score (nSPS) is 27.8. The second-order valence-corrected chi connectivity index (χ2v) is 5.17. The van der Waals surface area contributed by atoms with Crippen LogP contribution < -0.4 is 5.32 Å². The molecule has 2 N–H and O–H groups in total. The highest BCUT2D eigenvalue weighted by molar-refractivity contribution is 5.83. The van der Waals surface area contributed by atoms with Crippen molar-refractivity contribution in [2.24, 2.45) is 5.92 Å². The summed E-state index contributed by atoms with van der Waals surface area (Å²) < 4.78 is 13.6. The number of carbonyl (C=O) groups is 1. The van der Waals surface area contributed by atoms with E-state index in [1.54, 1.807) is 18.2 Å². The van der Waals surface area contributed by atoms with Gasteiger partial charge in [-0.05, 0) is 43.7 Å². The standard InChI is InChI=1S/C14H18FNO2/c1-10-6-8-14(9-7-10,13(17)18)16-12-5-3-2-4-11(12)15/h2-5,10,16H,6-9H2,1H3,(H,17,18). The molecule has 1 fully saturated rings. The first-order valence-corrected chi connectivity index (χ1v) is 6.30. The van der Waals surface area contributed by atoms with Gasteiger partial charge in [-0.15, -0.1) is 0 Å². The molecule has 2 rings (SSSR count). The Balaban J connectivity index is 2.22. The topological polar surface area (TPSA) is 49.3 Å². The summed E-state index contributed by atoms with van der Waals surface area (Å²) in [6, 6.07) is 6.21. The monoisotopic (exact) mass is 251 g/mol. The number of nitrogens with one attached hydrogen (secondary N) is 1. The fourth-order valence-electron chi connectivity index (χ4n) is 2.47. The largest absolute Gasteiger partial charge is 0.480 e. The Kier molecular flexibility index (Phi) is 3.55. The zero-order valence-electron chi connectivity index (χ0n) is 10.4. The molecule has 0 radical (unpaired) electrons. The van der Waals surface area contributed by atoms with E-state index in [4.69, 9.17) is 0 Å². The summed E-state index contributed by atoms with van der Waals surface area (Å²) >= 11 is 0. The van der Waals surface area contributed by atoms with E-state index in [0.717, 1.165) is 12.8 Å². The van der Waals surface area contributed by atoms with Gasteiger partial charge >= 0.3 is 5.97 Å². The Labute approximate surface area is 106 Å². The number of anilines is 1.